The predicted octanol–water partition coefficient (Wildman–Crippen LogP) is 3.79. The Labute approximate surface area is 219 Å². The first-order chi connectivity index (χ1) is 16.7. The fraction of sp³-hybridized carbons (Fsp3) is 0.667. The Morgan fingerprint density at radius 2 is 1.72 bits per heavy atom. The van der Waals surface area contributed by atoms with Crippen LogP contribution in [0.5, 0.6) is 0 Å². The molecular formula is C27H33BrO8. The topological polar surface area (TPSA) is 113 Å². The van der Waals surface area contributed by atoms with Crippen LogP contribution in [0.2, 0.25) is 0 Å². The molecule has 0 radical (unpaired) electrons. The quantitative estimate of drug-likeness (QED) is 0.281. The minimum atomic E-state index is -1.51. The Hall–Kier alpha value is -2.29. The van der Waals surface area contributed by atoms with Gasteiger partial charge in [0.05, 0.1) is 4.32 Å². The third-order valence-electron chi connectivity index (χ3n) is 9.22. The van der Waals surface area contributed by atoms with Gasteiger partial charge in [-0.15, -0.1) is 0 Å². The van der Waals surface area contributed by atoms with Crippen molar-refractivity contribution < 1.29 is 38.2 Å². The Balaban J connectivity index is 1.85. The van der Waals surface area contributed by atoms with Crippen molar-refractivity contribution in [1.29, 1.82) is 0 Å². The molecule has 8 nitrogen and oxygen atoms in total. The van der Waals surface area contributed by atoms with Crippen LogP contribution in [0.1, 0.15) is 66.7 Å². The van der Waals surface area contributed by atoms with Gasteiger partial charge >= 0.3 is 17.9 Å². The Morgan fingerprint density at radius 3 is 2.33 bits per heavy atom. The van der Waals surface area contributed by atoms with E-state index in [-0.39, 0.29) is 30.5 Å². The fourth-order valence-electron chi connectivity index (χ4n) is 7.70. The number of alkyl halides is 1. The van der Waals surface area contributed by atoms with Crippen molar-refractivity contribution in [2.75, 3.05) is 6.61 Å². The molecule has 0 amide bonds. The van der Waals surface area contributed by atoms with E-state index in [1.54, 1.807) is 12.2 Å². The van der Waals surface area contributed by atoms with Gasteiger partial charge in [0.25, 0.3) is 0 Å². The minimum absolute atomic E-state index is 0.0560. The zero-order chi connectivity index (χ0) is 26.7. The van der Waals surface area contributed by atoms with Crippen molar-refractivity contribution in [3.05, 3.63) is 23.8 Å². The average molecular weight is 565 g/mol. The lowest BCUT2D eigenvalue weighted by atomic mass is 9.46. The van der Waals surface area contributed by atoms with Crippen LogP contribution in [0.25, 0.3) is 0 Å². The number of carbonyl (C=O) groups is 5. The zero-order valence-electron chi connectivity index (χ0n) is 21.4. The number of ether oxygens (including phenoxy) is 3. The van der Waals surface area contributed by atoms with Crippen molar-refractivity contribution in [2.24, 2.45) is 22.7 Å². The van der Waals surface area contributed by atoms with Gasteiger partial charge in [-0.2, -0.15) is 0 Å². The molecule has 0 heterocycles. The number of hydrogen-bond acceptors (Lipinski definition) is 8. The van der Waals surface area contributed by atoms with Crippen LogP contribution in [0.3, 0.4) is 0 Å². The van der Waals surface area contributed by atoms with Crippen molar-refractivity contribution in [3.8, 4) is 0 Å². The summed E-state index contributed by atoms with van der Waals surface area (Å²) >= 11 is 4.08. The van der Waals surface area contributed by atoms with E-state index in [2.05, 4.69) is 22.9 Å². The second kappa shape index (κ2) is 8.92. The molecule has 196 valence electrons. The molecule has 0 aliphatic heterocycles. The Morgan fingerprint density at radius 1 is 1.03 bits per heavy atom. The summed E-state index contributed by atoms with van der Waals surface area (Å²) in [6.45, 7) is 7.32. The number of rotatable bonds is 5. The average Bonchev–Trinajstić information content (AvgIpc) is 3.05. The van der Waals surface area contributed by atoms with Gasteiger partial charge in [-0.3, -0.25) is 24.0 Å². The summed E-state index contributed by atoms with van der Waals surface area (Å²) in [5, 5.41) is 0. The number of ketones is 2. The number of halogens is 1. The maximum Gasteiger partial charge on any atom is 0.303 e. The van der Waals surface area contributed by atoms with Crippen LogP contribution in [-0.4, -0.2) is 52.1 Å². The van der Waals surface area contributed by atoms with E-state index in [0.717, 1.165) is 5.57 Å². The molecule has 3 saturated carbocycles. The molecule has 0 N–H and O–H groups in total. The monoisotopic (exact) mass is 564 g/mol. The molecule has 9 heteroatoms. The van der Waals surface area contributed by atoms with E-state index in [1.807, 2.05) is 13.0 Å². The molecule has 0 aromatic carbocycles. The molecule has 0 aromatic rings. The van der Waals surface area contributed by atoms with E-state index in [9.17, 15) is 24.0 Å². The maximum absolute atomic E-state index is 13.6. The molecule has 0 spiro atoms. The summed E-state index contributed by atoms with van der Waals surface area (Å²) in [4.78, 5) is 62.0. The van der Waals surface area contributed by atoms with Crippen molar-refractivity contribution in [2.45, 2.75) is 82.8 Å². The number of allylic oxidation sites excluding steroid dienone is 4. The van der Waals surface area contributed by atoms with Gasteiger partial charge in [0.1, 0.15) is 6.10 Å². The summed E-state index contributed by atoms with van der Waals surface area (Å²) in [6, 6.07) is 0. The van der Waals surface area contributed by atoms with Crippen LogP contribution in [-0.2, 0) is 38.2 Å². The standard InChI is InChI=1S/C27H33BrO8/c1-15(29)34-14-22(33)26(36-17(3)31)11-9-20-21-7-6-18-12-19(32)8-10-24(18,4)27(21,28)23(35-16(2)30)13-25(20,26)5/h8,10,12,20-21,23H,6-7,9,11,13-14H2,1-5H3/t20-,21-,23+,24-,25-,26-,27-/m0/s1. The van der Waals surface area contributed by atoms with Crippen LogP contribution >= 0.6 is 15.9 Å². The summed E-state index contributed by atoms with van der Waals surface area (Å²) in [5.74, 6) is -2.30. The van der Waals surface area contributed by atoms with Gasteiger partial charge in [-0.05, 0) is 56.1 Å². The number of esters is 3. The summed E-state index contributed by atoms with van der Waals surface area (Å²) in [5.41, 5.74) is -2.00. The third kappa shape index (κ3) is 3.72. The SMILES string of the molecule is CC(=O)OCC(=O)[C@@]1(OC(C)=O)CC[C@H]2[C@@H]3CCC4=CC(=O)C=C[C@]4(C)[C@@]3(Br)[C@H](OC(C)=O)C[C@@]21C. The number of Topliss-reactive ketones (excluding diaryl/α,β-unsaturated/α-hetero) is 1. The normalized spacial score (nSPS) is 40.8. The predicted molar refractivity (Wildman–Crippen MR) is 132 cm³/mol. The van der Waals surface area contributed by atoms with Gasteiger partial charge in [0.15, 0.2) is 18.0 Å². The molecule has 4 aliphatic rings. The molecule has 0 saturated heterocycles. The smallest absolute Gasteiger partial charge is 0.303 e. The molecule has 0 aromatic heterocycles. The van der Waals surface area contributed by atoms with Gasteiger partial charge < -0.3 is 14.2 Å². The molecule has 0 unspecified atom stereocenters. The number of fused-ring (bicyclic) bond motifs is 5. The highest BCUT2D eigenvalue weighted by Gasteiger charge is 2.75. The van der Waals surface area contributed by atoms with Crippen LogP contribution in [0.4, 0.5) is 0 Å². The highest BCUT2D eigenvalue weighted by atomic mass is 79.9. The molecule has 7 atom stereocenters. The third-order valence-corrected chi connectivity index (χ3v) is 11.1. The maximum atomic E-state index is 13.6. The van der Waals surface area contributed by atoms with E-state index in [1.165, 1.54) is 20.8 Å². The lowest BCUT2D eigenvalue weighted by molar-refractivity contribution is -0.200. The van der Waals surface area contributed by atoms with Crippen molar-refractivity contribution in [1.82, 2.24) is 0 Å². The lowest BCUT2D eigenvalue weighted by Crippen LogP contribution is -2.69. The molecular weight excluding hydrogens is 532 g/mol. The van der Waals surface area contributed by atoms with E-state index >= 15 is 0 Å². The van der Waals surface area contributed by atoms with Crippen LogP contribution < -0.4 is 0 Å². The molecule has 4 rings (SSSR count). The fourth-order valence-corrected chi connectivity index (χ4v) is 8.89. The number of carbonyl (C=O) groups excluding carboxylic acids is 5. The van der Waals surface area contributed by atoms with Gasteiger partial charge in [-0.25, -0.2) is 0 Å². The highest BCUT2D eigenvalue weighted by molar-refractivity contribution is 9.10. The first kappa shape index (κ1) is 26.8. The van der Waals surface area contributed by atoms with E-state index in [4.69, 9.17) is 14.2 Å². The summed E-state index contributed by atoms with van der Waals surface area (Å²) in [6.07, 6.45) is 7.01. The Kier molecular flexibility index (Phi) is 6.63. The minimum Gasteiger partial charge on any atom is -0.461 e. The van der Waals surface area contributed by atoms with Gasteiger partial charge in [0.2, 0.25) is 5.78 Å². The molecule has 3 fully saturated rings. The van der Waals surface area contributed by atoms with Crippen molar-refractivity contribution >= 4 is 45.4 Å². The second-order valence-corrected chi connectivity index (χ2v) is 12.3. The zero-order valence-corrected chi connectivity index (χ0v) is 22.9. The van der Waals surface area contributed by atoms with E-state index in [0.29, 0.717) is 19.3 Å². The van der Waals surface area contributed by atoms with Crippen LogP contribution in [0.15, 0.2) is 23.8 Å². The molecule has 4 aliphatic carbocycles. The number of hydrogen-bond donors (Lipinski definition) is 0. The Bertz CT molecular complexity index is 1090. The van der Waals surface area contributed by atoms with Crippen LogP contribution in [0, 0.1) is 22.7 Å². The first-order valence-electron chi connectivity index (χ1n) is 12.4. The molecule has 0 bridgehead atoms. The van der Waals surface area contributed by atoms with Gasteiger partial charge in [-0.1, -0.05) is 41.4 Å². The van der Waals surface area contributed by atoms with Gasteiger partial charge in [0, 0.05) is 31.6 Å². The highest BCUT2D eigenvalue weighted by Crippen LogP contribution is 2.72. The second-order valence-electron chi connectivity index (χ2n) is 11.0. The largest absolute Gasteiger partial charge is 0.461 e. The summed E-state index contributed by atoms with van der Waals surface area (Å²) < 4.78 is 16.2. The summed E-state index contributed by atoms with van der Waals surface area (Å²) in [7, 11) is 0. The molecule has 36 heavy (non-hydrogen) atoms. The van der Waals surface area contributed by atoms with Crippen molar-refractivity contribution in [3.63, 3.8) is 0 Å². The van der Waals surface area contributed by atoms with E-state index < -0.39 is 57.2 Å². The lowest BCUT2D eigenvalue weighted by Gasteiger charge is -2.64. The first-order valence-corrected chi connectivity index (χ1v) is 13.2.